The van der Waals surface area contributed by atoms with Gasteiger partial charge in [-0.05, 0) is 36.4 Å². The summed E-state index contributed by atoms with van der Waals surface area (Å²) in [6, 6.07) is 20.6. The standard InChI is InChI=1S/C15H15N3O2S.C5H5N.H2O.Pt/c1-20-13-9-5-6-11(14(13)19)10-16-18-15(21)17-12-7-3-2-4-8-12;1-2-4-6-5-3-1;;/h2-10H,1H3,(H3,16,17,18,19,21);1-5H;1H2;/q;;;+2. The maximum Gasteiger partial charge on any atom is 2.00 e. The van der Waals surface area contributed by atoms with Crippen molar-refractivity contribution in [3.8, 4) is 11.5 Å². The summed E-state index contributed by atoms with van der Waals surface area (Å²) in [5.41, 5.74) is 5.43. The summed E-state index contributed by atoms with van der Waals surface area (Å²) in [5, 5.41) is 15.2. The number of nitrogens with one attached hydrogen (secondary N) is 1. The van der Waals surface area contributed by atoms with E-state index in [1.165, 1.54) is 13.3 Å². The number of thiol groups is 1. The van der Waals surface area contributed by atoms with Crippen molar-refractivity contribution < 1.29 is 36.4 Å². The molecule has 3 aromatic rings. The largest absolute Gasteiger partial charge is 2.00 e. The van der Waals surface area contributed by atoms with Gasteiger partial charge in [-0.1, -0.05) is 30.3 Å². The molecule has 9 heteroatoms. The molecule has 0 spiro atoms. The molecule has 7 nitrogen and oxygen atoms in total. The third-order valence-electron chi connectivity index (χ3n) is 3.22. The van der Waals surface area contributed by atoms with E-state index in [-0.39, 0.29) is 32.3 Å². The van der Waals surface area contributed by atoms with Gasteiger partial charge in [-0.3, -0.25) is 4.98 Å². The fourth-order valence-corrected chi connectivity index (χ4v) is 2.14. The molecule has 0 aliphatic heterocycles. The van der Waals surface area contributed by atoms with E-state index in [2.05, 4.69) is 33.0 Å². The summed E-state index contributed by atoms with van der Waals surface area (Å²) < 4.78 is 5.08. The number of methoxy groups -OCH3 is 1. The Kier molecular flexibility index (Phi) is 13.7. The van der Waals surface area contributed by atoms with Gasteiger partial charge in [0.1, 0.15) is 0 Å². The van der Waals surface area contributed by atoms with Crippen molar-refractivity contribution in [2.24, 2.45) is 5.10 Å². The van der Waals surface area contributed by atoms with Crippen molar-refractivity contribution in [2.45, 2.75) is 0 Å². The third-order valence-corrected chi connectivity index (χ3v) is 3.43. The molecule has 154 valence electrons. The number of hydrogen-bond donors (Lipinski definition) is 1. The van der Waals surface area contributed by atoms with E-state index in [9.17, 15) is 0 Å². The molecule has 0 saturated carbocycles. The van der Waals surface area contributed by atoms with E-state index in [4.69, 9.17) is 9.84 Å². The minimum absolute atomic E-state index is 0. The molecule has 0 aliphatic rings. The SMILES string of the molecule is COc1cccc(C=N[N-]C(=[SH+])Nc2ccccc2)c1[OH2+].[OH-].[Pt+2].c1ccncc1. The third kappa shape index (κ3) is 9.80. The average molecular weight is 594 g/mol. The molecule has 0 saturated heterocycles. The Hall–Kier alpha value is -2.80. The predicted octanol–water partition coefficient (Wildman–Crippen LogP) is 3.22. The molecule has 0 amide bonds. The number of anilines is 1. The maximum atomic E-state index is 7.91. The van der Waals surface area contributed by atoms with Crippen LogP contribution in [0.4, 0.5) is 5.69 Å². The Balaban J connectivity index is 0.000000843. The van der Waals surface area contributed by atoms with Gasteiger partial charge in [0, 0.05) is 24.3 Å². The van der Waals surface area contributed by atoms with Crippen LogP contribution in [-0.2, 0) is 33.3 Å². The molecule has 1 heterocycles. The van der Waals surface area contributed by atoms with E-state index in [0.717, 1.165) is 5.69 Å². The number of ether oxygens (including phenoxy) is 1. The summed E-state index contributed by atoms with van der Waals surface area (Å²) in [5.74, 6) is 0.770. The van der Waals surface area contributed by atoms with Crippen molar-refractivity contribution >= 4 is 29.2 Å². The van der Waals surface area contributed by atoms with E-state index in [0.29, 0.717) is 16.4 Å². The van der Waals surface area contributed by atoms with E-state index >= 15 is 0 Å². The summed E-state index contributed by atoms with van der Waals surface area (Å²) in [4.78, 5) is 3.78. The first kappa shape index (κ1) is 26.2. The zero-order valence-electron chi connectivity index (χ0n) is 15.5. The second-order valence-corrected chi connectivity index (χ2v) is 5.53. The zero-order valence-corrected chi connectivity index (χ0v) is 18.7. The van der Waals surface area contributed by atoms with Gasteiger partial charge in [-0.25, -0.2) is 0 Å². The Morgan fingerprint density at radius 1 is 1.07 bits per heavy atom. The van der Waals surface area contributed by atoms with Crippen molar-refractivity contribution in [1.82, 2.24) is 4.98 Å². The molecule has 0 unspecified atom stereocenters. The molecular formula is C20H22N4O3PtS+2. The Labute approximate surface area is 189 Å². The number of benzene rings is 2. The van der Waals surface area contributed by atoms with Crippen molar-refractivity contribution in [3.05, 3.63) is 90.1 Å². The fraction of sp³-hybridized carbons (Fsp3) is 0.0500. The first-order valence-electron chi connectivity index (χ1n) is 8.06. The normalized spacial score (nSPS) is 9.14. The number of hydrogen-bond acceptors (Lipinski definition) is 4. The van der Waals surface area contributed by atoms with Crippen LogP contribution < -0.4 is 10.1 Å². The van der Waals surface area contributed by atoms with Crippen LogP contribution in [0.2, 0.25) is 0 Å². The Morgan fingerprint density at radius 3 is 2.28 bits per heavy atom. The van der Waals surface area contributed by atoms with Gasteiger partial charge in [0.2, 0.25) is 10.9 Å². The molecule has 0 radical (unpaired) electrons. The molecule has 0 bridgehead atoms. The van der Waals surface area contributed by atoms with Crippen LogP contribution in [0.15, 0.2) is 84.2 Å². The van der Waals surface area contributed by atoms with Crippen LogP contribution in [0.3, 0.4) is 0 Å². The number of aromatic nitrogens is 1. The Bertz CT molecular complexity index is 841. The monoisotopic (exact) mass is 593 g/mol. The molecule has 2 aromatic carbocycles. The van der Waals surface area contributed by atoms with Gasteiger partial charge in [0.15, 0.2) is 12.2 Å². The number of nitrogens with zero attached hydrogens (tertiary/aromatic N) is 3. The van der Waals surface area contributed by atoms with Crippen molar-refractivity contribution in [3.63, 3.8) is 0 Å². The molecule has 3 rings (SSSR count). The van der Waals surface area contributed by atoms with Gasteiger partial charge in [0.05, 0.1) is 12.7 Å². The van der Waals surface area contributed by atoms with Crippen LogP contribution in [0, 0.1) is 0 Å². The topological polar surface area (TPSA) is 114 Å². The molecule has 29 heavy (non-hydrogen) atoms. The summed E-state index contributed by atoms with van der Waals surface area (Å²) in [7, 11) is 1.53. The molecule has 0 atom stereocenters. The van der Waals surface area contributed by atoms with Crippen LogP contribution in [0.5, 0.6) is 11.5 Å². The van der Waals surface area contributed by atoms with Crippen LogP contribution >= 0.6 is 0 Å². The van der Waals surface area contributed by atoms with E-state index in [1.54, 1.807) is 30.6 Å². The van der Waals surface area contributed by atoms with Gasteiger partial charge in [-0.2, -0.15) is 0 Å². The number of pyridine rings is 1. The van der Waals surface area contributed by atoms with Crippen molar-refractivity contribution in [2.75, 3.05) is 12.4 Å². The molecule has 0 aliphatic carbocycles. The van der Waals surface area contributed by atoms with Gasteiger partial charge >= 0.3 is 26.8 Å². The first-order valence-corrected chi connectivity index (χ1v) is 8.51. The van der Waals surface area contributed by atoms with Gasteiger partial charge in [0.25, 0.3) is 0 Å². The predicted molar refractivity (Wildman–Crippen MR) is 117 cm³/mol. The fourth-order valence-electron chi connectivity index (χ4n) is 1.96. The van der Waals surface area contributed by atoms with E-state index < -0.39 is 0 Å². The zero-order chi connectivity index (χ0) is 19.3. The van der Waals surface area contributed by atoms with Crippen LogP contribution in [-0.4, -0.2) is 34.0 Å². The van der Waals surface area contributed by atoms with Gasteiger partial charge in [-0.15, -0.1) is 0 Å². The number of para-hydroxylation sites is 2. The smallest absolute Gasteiger partial charge is 0.870 e. The summed E-state index contributed by atoms with van der Waals surface area (Å²) >= 11 is 4.21. The van der Waals surface area contributed by atoms with Crippen molar-refractivity contribution in [1.29, 1.82) is 0 Å². The molecule has 1 aromatic heterocycles. The number of rotatable bonds is 4. The van der Waals surface area contributed by atoms with E-state index in [1.807, 2.05) is 48.5 Å². The average Bonchev–Trinajstić information content (AvgIpc) is 2.72. The minimum Gasteiger partial charge on any atom is -0.870 e. The van der Waals surface area contributed by atoms with Crippen LogP contribution in [0.25, 0.3) is 5.43 Å². The van der Waals surface area contributed by atoms with Gasteiger partial charge < -0.3 is 31.2 Å². The summed E-state index contributed by atoms with van der Waals surface area (Å²) in [6.07, 6.45) is 4.99. The maximum absolute atomic E-state index is 7.91. The molecule has 0 fully saturated rings. The first-order chi connectivity index (χ1) is 13.2. The quantitative estimate of drug-likeness (QED) is 0.165. The second-order valence-electron chi connectivity index (χ2n) is 5.11. The second kappa shape index (κ2) is 15.2. The molecular weight excluding hydrogens is 571 g/mol. The summed E-state index contributed by atoms with van der Waals surface area (Å²) in [6.45, 7) is 0. The minimum atomic E-state index is 0. The molecule has 4 N–H and O–H groups in total. The van der Waals surface area contributed by atoms with Crippen LogP contribution in [0.1, 0.15) is 5.56 Å². The Morgan fingerprint density at radius 2 is 1.72 bits per heavy atom.